The van der Waals surface area contributed by atoms with Gasteiger partial charge in [-0.3, -0.25) is 4.84 Å². The highest BCUT2D eigenvalue weighted by molar-refractivity contribution is 8.02. The number of nitrogens with one attached hydrogen (secondary N) is 1. The van der Waals surface area contributed by atoms with Crippen LogP contribution >= 0.6 is 0 Å². The van der Waals surface area contributed by atoms with E-state index < -0.39 is 33.1 Å². The first-order chi connectivity index (χ1) is 10.6. The van der Waals surface area contributed by atoms with Crippen molar-refractivity contribution in [2.24, 2.45) is 0 Å². The van der Waals surface area contributed by atoms with Crippen LogP contribution in [0, 0.1) is 0 Å². The molecule has 0 saturated carbocycles. The molecule has 10 nitrogen and oxygen atoms in total. The molecule has 0 saturated heterocycles. The predicted molar refractivity (Wildman–Crippen MR) is 80.6 cm³/mol. The summed E-state index contributed by atoms with van der Waals surface area (Å²) in [5, 5.41) is 0. The van der Waals surface area contributed by atoms with E-state index in [1.807, 2.05) is 0 Å². The lowest BCUT2D eigenvalue weighted by molar-refractivity contribution is -0.0293. The molecule has 0 aliphatic rings. The fraction of sp³-hybridized carbons (Fsp3) is 0.364. The van der Waals surface area contributed by atoms with E-state index in [1.165, 1.54) is 23.8 Å². The Balaban J connectivity index is 2.94. The average molecular weight is 367 g/mol. The van der Waals surface area contributed by atoms with Crippen LogP contribution < -0.4 is 9.46 Å². The first-order valence-electron chi connectivity index (χ1n) is 6.25. The van der Waals surface area contributed by atoms with Crippen LogP contribution in [0.1, 0.15) is 6.92 Å². The fourth-order valence-electron chi connectivity index (χ4n) is 1.45. The van der Waals surface area contributed by atoms with E-state index in [1.54, 1.807) is 18.2 Å². The van der Waals surface area contributed by atoms with Gasteiger partial charge in [0.1, 0.15) is 5.75 Å². The number of amides is 1. The summed E-state index contributed by atoms with van der Waals surface area (Å²) in [6, 6.07) is 7.69. The lowest BCUT2D eigenvalue weighted by atomic mass is 10.3. The minimum absolute atomic E-state index is 0.0652. The van der Waals surface area contributed by atoms with E-state index in [0.29, 0.717) is 4.47 Å². The largest absolute Gasteiger partial charge is 0.427 e. The summed E-state index contributed by atoms with van der Waals surface area (Å²) in [5.41, 5.74) is 0. The molecule has 0 heterocycles. The normalized spacial score (nSPS) is 12.4. The summed E-state index contributed by atoms with van der Waals surface area (Å²) in [5.74, 6) is 0.0973. The van der Waals surface area contributed by atoms with Crippen molar-refractivity contribution in [3.05, 3.63) is 30.3 Å². The highest BCUT2D eigenvalue weighted by Gasteiger charge is 2.37. The van der Waals surface area contributed by atoms with Crippen molar-refractivity contribution in [1.82, 2.24) is 12.9 Å². The van der Waals surface area contributed by atoms with Crippen LogP contribution in [0.4, 0.5) is 4.79 Å². The van der Waals surface area contributed by atoms with E-state index in [-0.39, 0.29) is 9.46 Å². The number of ether oxygens (including phenoxy) is 1. The zero-order chi connectivity index (χ0) is 17.7. The van der Waals surface area contributed by atoms with Gasteiger partial charge in [0.2, 0.25) is 0 Å². The second-order valence-electron chi connectivity index (χ2n) is 4.00. The SMILES string of the molecule is CCN(S(=O)(=O)NC(=O)Oc1ccccc1)S(=O)(=O)N(C)OC. The van der Waals surface area contributed by atoms with E-state index in [4.69, 9.17) is 4.74 Å². The number of rotatable bonds is 7. The Hall–Kier alpha value is -1.73. The van der Waals surface area contributed by atoms with Crippen LogP contribution in [0.2, 0.25) is 0 Å². The van der Waals surface area contributed by atoms with Gasteiger partial charge in [0.25, 0.3) is 0 Å². The van der Waals surface area contributed by atoms with Crippen LogP contribution in [-0.4, -0.2) is 51.8 Å². The van der Waals surface area contributed by atoms with E-state index in [9.17, 15) is 21.6 Å². The molecule has 1 aromatic rings. The summed E-state index contributed by atoms with van der Waals surface area (Å²) >= 11 is 0. The molecule has 130 valence electrons. The number of carbonyl (C=O) groups is 1. The van der Waals surface area contributed by atoms with Gasteiger partial charge in [-0.25, -0.2) is 9.52 Å². The third-order valence-electron chi connectivity index (χ3n) is 2.53. The number of hydroxylamine groups is 1. The monoisotopic (exact) mass is 367 g/mol. The Bertz CT molecular complexity index is 734. The van der Waals surface area contributed by atoms with Crippen LogP contribution in [0.25, 0.3) is 0 Å². The maximum atomic E-state index is 12.1. The Morgan fingerprint density at radius 1 is 1.17 bits per heavy atom. The van der Waals surface area contributed by atoms with Crippen molar-refractivity contribution in [3.8, 4) is 5.75 Å². The molecular weight excluding hydrogens is 350 g/mol. The molecule has 0 fully saturated rings. The highest BCUT2D eigenvalue weighted by atomic mass is 32.3. The number of nitrogens with zero attached hydrogens (tertiary/aromatic N) is 2. The molecule has 1 rings (SSSR count). The number of para-hydroxylation sites is 1. The minimum Gasteiger partial charge on any atom is -0.410 e. The quantitative estimate of drug-likeness (QED) is 0.677. The minimum atomic E-state index is -4.71. The predicted octanol–water partition coefficient (Wildman–Crippen LogP) is 0.0797. The summed E-state index contributed by atoms with van der Waals surface area (Å²) in [6.45, 7) is 0.826. The zero-order valence-electron chi connectivity index (χ0n) is 12.7. The van der Waals surface area contributed by atoms with Gasteiger partial charge in [0.15, 0.2) is 0 Å². The third kappa shape index (κ3) is 4.87. The molecule has 0 unspecified atom stereocenters. The number of hydrogen-bond donors (Lipinski definition) is 1. The van der Waals surface area contributed by atoms with Gasteiger partial charge in [0.05, 0.1) is 7.11 Å². The van der Waals surface area contributed by atoms with Crippen molar-refractivity contribution in [2.75, 3.05) is 20.7 Å². The third-order valence-corrected chi connectivity index (χ3v) is 6.48. The van der Waals surface area contributed by atoms with Crippen LogP contribution in [0.3, 0.4) is 0 Å². The molecule has 1 N–H and O–H groups in total. The van der Waals surface area contributed by atoms with Crippen molar-refractivity contribution in [1.29, 1.82) is 0 Å². The molecule has 0 aliphatic heterocycles. The van der Waals surface area contributed by atoms with Crippen LogP contribution in [-0.2, 0) is 25.3 Å². The van der Waals surface area contributed by atoms with Crippen molar-refractivity contribution < 1.29 is 31.2 Å². The highest BCUT2D eigenvalue weighted by Crippen LogP contribution is 2.12. The Kier molecular flexibility index (Phi) is 6.47. The second-order valence-corrected chi connectivity index (χ2v) is 7.68. The molecular formula is C11H17N3O7S2. The number of hydrogen-bond acceptors (Lipinski definition) is 7. The van der Waals surface area contributed by atoms with Gasteiger partial charge < -0.3 is 4.74 Å². The van der Waals surface area contributed by atoms with Gasteiger partial charge in [-0.2, -0.15) is 16.8 Å². The van der Waals surface area contributed by atoms with Gasteiger partial charge in [-0.1, -0.05) is 33.3 Å². The standard InChI is InChI=1S/C11H17N3O7S2/c1-4-14(23(18,19)13(2)20-3)22(16,17)12-11(15)21-10-8-6-5-7-9-10/h5-9H,4H2,1-3H3,(H,12,15). The van der Waals surface area contributed by atoms with Crippen molar-refractivity contribution >= 4 is 26.5 Å². The smallest absolute Gasteiger partial charge is 0.410 e. The van der Waals surface area contributed by atoms with Gasteiger partial charge in [-0.05, 0) is 12.1 Å². The van der Waals surface area contributed by atoms with E-state index in [2.05, 4.69) is 4.84 Å². The molecule has 1 aromatic carbocycles. The second kappa shape index (κ2) is 7.70. The van der Waals surface area contributed by atoms with Crippen LogP contribution in [0.5, 0.6) is 5.75 Å². The summed E-state index contributed by atoms with van der Waals surface area (Å²) in [6.07, 6.45) is -1.34. The zero-order valence-corrected chi connectivity index (χ0v) is 14.3. The van der Waals surface area contributed by atoms with Crippen molar-refractivity contribution in [2.45, 2.75) is 6.92 Å². The van der Waals surface area contributed by atoms with Crippen LogP contribution in [0.15, 0.2) is 30.3 Å². The Morgan fingerprint density at radius 3 is 2.22 bits per heavy atom. The Morgan fingerprint density at radius 2 is 1.74 bits per heavy atom. The number of benzene rings is 1. The maximum absolute atomic E-state index is 12.1. The Labute approximate surface area is 134 Å². The van der Waals surface area contributed by atoms with Gasteiger partial charge in [-0.15, -0.1) is 0 Å². The topological polar surface area (TPSA) is 122 Å². The molecule has 23 heavy (non-hydrogen) atoms. The van der Waals surface area contributed by atoms with Crippen molar-refractivity contribution in [3.63, 3.8) is 0 Å². The number of carbonyl (C=O) groups excluding carboxylic acids is 1. The molecule has 1 amide bonds. The first kappa shape index (κ1) is 19.3. The molecule has 0 bridgehead atoms. The molecule has 0 aliphatic carbocycles. The van der Waals surface area contributed by atoms with E-state index in [0.717, 1.165) is 14.2 Å². The molecule has 0 aromatic heterocycles. The van der Waals surface area contributed by atoms with E-state index >= 15 is 0 Å². The summed E-state index contributed by atoms with van der Waals surface area (Å²) < 4.78 is 54.9. The molecule has 0 spiro atoms. The average Bonchev–Trinajstić information content (AvgIpc) is 2.46. The molecule has 0 radical (unpaired) electrons. The fourth-order valence-corrected chi connectivity index (χ4v) is 4.30. The first-order valence-corrected chi connectivity index (χ1v) is 9.09. The van der Waals surface area contributed by atoms with Gasteiger partial charge in [0, 0.05) is 13.6 Å². The lowest BCUT2D eigenvalue weighted by Gasteiger charge is -2.24. The molecule has 12 heteroatoms. The lowest BCUT2D eigenvalue weighted by Crippen LogP contribution is -2.51. The maximum Gasteiger partial charge on any atom is 0.427 e. The summed E-state index contributed by atoms with van der Waals surface area (Å²) in [4.78, 5) is 16.1. The molecule has 0 atom stereocenters. The summed E-state index contributed by atoms with van der Waals surface area (Å²) in [7, 11) is -7.14. The van der Waals surface area contributed by atoms with Gasteiger partial charge >= 0.3 is 26.5 Å².